The van der Waals surface area contributed by atoms with Crippen LogP contribution in [0.4, 0.5) is 0 Å². The van der Waals surface area contributed by atoms with Gasteiger partial charge in [0.2, 0.25) is 0 Å². The third-order valence-electron chi connectivity index (χ3n) is 9.70. The van der Waals surface area contributed by atoms with E-state index in [1.165, 1.54) is 27.3 Å². The van der Waals surface area contributed by atoms with Crippen molar-refractivity contribution < 1.29 is 4.42 Å². The molecule has 0 saturated carbocycles. The van der Waals surface area contributed by atoms with Crippen molar-refractivity contribution in [3.8, 4) is 56.4 Å². The van der Waals surface area contributed by atoms with E-state index in [0.717, 1.165) is 55.1 Å². The molecule has 0 atom stereocenters. The Morgan fingerprint density at radius 1 is 0.314 bits per heavy atom. The van der Waals surface area contributed by atoms with Gasteiger partial charge in [-0.25, -0.2) is 15.0 Å². The fraction of sp³-hybridized carbons (Fsp3) is 0. The predicted molar refractivity (Wildman–Crippen MR) is 209 cm³/mol. The third kappa shape index (κ3) is 5.13. The van der Waals surface area contributed by atoms with Gasteiger partial charge in [0, 0.05) is 33.0 Å². The zero-order valence-corrected chi connectivity index (χ0v) is 27.5. The largest absolute Gasteiger partial charge is 0.455 e. The molecule has 10 rings (SSSR count). The molecule has 0 aliphatic heterocycles. The van der Waals surface area contributed by atoms with E-state index in [9.17, 15) is 0 Å². The second-order valence-corrected chi connectivity index (χ2v) is 12.8. The number of furan rings is 1. The van der Waals surface area contributed by atoms with Gasteiger partial charge in [-0.2, -0.15) is 0 Å². The summed E-state index contributed by atoms with van der Waals surface area (Å²) in [6, 6.07) is 61.1. The first-order chi connectivity index (χ1) is 25.2. The van der Waals surface area contributed by atoms with Crippen LogP contribution in [0.3, 0.4) is 0 Å². The first-order valence-corrected chi connectivity index (χ1v) is 17.1. The van der Waals surface area contributed by atoms with Crippen molar-refractivity contribution in [1.29, 1.82) is 0 Å². The molecule has 0 aliphatic rings. The lowest BCUT2D eigenvalue weighted by Gasteiger charge is -2.10. The average Bonchev–Trinajstić information content (AvgIpc) is 3.57. The highest BCUT2D eigenvalue weighted by Crippen LogP contribution is 2.42. The van der Waals surface area contributed by atoms with Gasteiger partial charge in [-0.1, -0.05) is 152 Å². The van der Waals surface area contributed by atoms with E-state index >= 15 is 0 Å². The lowest BCUT2D eigenvalue weighted by Crippen LogP contribution is -2.00. The monoisotopic (exact) mass is 651 g/mol. The lowest BCUT2D eigenvalue weighted by atomic mass is 9.93. The van der Waals surface area contributed by atoms with E-state index in [2.05, 4.69) is 115 Å². The Kier molecular flexibility index (Phi) is 6.78. The third-order valence-corrected chi connectivity index (χ3v) is 9.70. The van der Waals surface area contributed by atoms with E-state index in [4.69, 9.17) is 19.4 Å². The van der Waals surface area contributed by atoms with Crippen LogP contribution in [-0.4, -0.2) is 15.0 Å². The van der Waals surface area contributed by atoms with Gasteiger partial charge >= 0.3 is 0 Å². The quantitative estimate of drug-likeness (QED) is 0.186. The SMILES string of the molecule is c1ccc(-c2nc(-c3ccccc3)nc(-c3ccc4c(c3)oc3c(-c5ccc(-c6ccc7ccccc7c6)cc5)c5ccccc5cc34)n2)cc1. The van der Waals surface area contributed by atoms with Crippen LogP contribution in [0.2, 0.25) is 0 Å². The van der Waals surface area contributed by atoms with E-state index < -0.39 is 0 Å². The van der Waals surface area contributed by atoms with Crippen molar-refractivity contribution in [3.05, 3.63) is 176 Å². The highest BCUT2D eigenvalue weighted by Gasteiger charge is 2.19. The molecule has 0 fully saturated rings. The van der Waals surface area contributed by atoms with Gasteiger partial charge in [-0.3, -0.25) is 0 Å². The van der Waals surface area contributed by atoms with Crippen molar-refractivity contribution in [3.63, 3.8) is 0 Å². The summed E-state index contributed by atoms with van der Waals surface area (Å²) in [6.45, 7) is 0. The number of hydrogen-bond donors (Lipinski definition) is 0. The molecule has 8 aromatic carbocycles. The summed E-state index contributed by atoms with van der Waals surface area (Å²) in [7, 11) is 0. The molecule has 0 radical (unpaired) electrons. The van der Waals surface area contributed by atoms with Gasteiger partial charge in [0.25, 0.3) is 0 Å². The van der Waals surface area contributed by atoms with Crippen LogP contribution in [-0.2, 0) is 0 Å². The summed E-state index contributed by atoms with van der Waals surface area (Å²) < 4.78 is 6.83. The topological polar surface area (TPSA) is 51.8 Å². The maximum absolute atomic E-state index is 6.83. The van der Waals surface area contributed by atoms with Crippen LogP contribution in [0.25, 0.3) is 99.9 Å². The molecule has 4 nitrogen and oxygen atoms in total. The van der Waals surface area contributed by atoms with Crippen molar-refractivity contribution in [2.45, 2.75) is 0 Å². The van der Waals surface area contributed by atoms with Crippen LogP contribution in [0.5, 0.6) is 0 Å². The van der Waals surface area contributed by atoms with Crippen LogP contribution in [0.1, 0.15) is 0 Å². The molecule has 238 valence electrons. The molecule has 0 unspecified atom stereocenters. The Bertz CT molecular complexity index is 2840. The zero-order chi connectivity index (χ0) is 33.7. The number of fused-ring (bicyclic) bond motifs is 5. The minimum Gasteiger partial charge on any atom is -0.455 e. The minimum absolute atomic E-state index is 0.597. The Labute approximate surface area is 294 Å². The second kappa shape index (κ2) is 11.9. The van der Waals surface area contributed by atoms with Gasteiger partial charge in [-0.05, 0) is 62.5 Å². The molecule has 0 N–H and O–H groups in total. The Balaban J connectivity index is 1.12. The standard InChI is InChI=1S/C47H29N3O/c1-3-12-33(13-4-1)45-48-46(34-14-5-2-6-15-34)50-47(49-45)38-25-26-40-41-28-37-17-9-10-18-39(37)43(44(41)51-42(40)29-38)32-22-19-31(20-23-32)36-24-21-30-11-7-8-16-35(30)27-36/h1-29H. The van der Waals surface area contributed by atoms with Crippen LogP contribution < -0.4 is 0 Å². The minimum atomic E-state index is 0.597. The first kappa shape index (κ1) is 29.0. The van der Waals surface area contributed by atoms with Gasteiger partial charge in [-0.15, -0.1) is 0 Å². The number of benzene rings is 8. The van der Waals surface area contributed by atoms with Crippen molar-refractivity contribution in [2.75, 3.05) is 0 Å². The fourth-order valence-corrected chi connectivity index (χ4v) is 7.14. The molecule has 0 bridgehead atoms. The van der Waals surface area contributed by atoms with Gasteiger partial charge in [0.15, 0.2) is 17.5 Å². The summed E-state index contributed by atoms with van der Waals surface area (Å²) in [5.41, 5.74) is 8.96. The van der Waals surface area contributed by atoms with E-state index in [1.54, 1.807) is 0 Å². The maximum Gasteiger partial charge on any atom is 0.164 e. The molecule has 10 aromatic rings. The Hall–Kier alpha value is -6.91. The number of hydrogen-bond acceptors (Lipinski definition) is 4. The highest BCUT2D eigenvalue weighted by atomic mass is 16.3. The molecule has 2 heterocycles. The highest BCUT2D eigenvalue weighted by molar-refractivity contribution is 6.18. The number of nitrogens with zero attached hydrogens (tertiary/aromatic N) is 3. The molecule has 0 spiro atoms. The first-order valence-electron chi connectivity index (χ1n) is 17.1. The summed E-state index contributed by atoms with van der Waals surface area (Å²) in [5, 5.41) is 6.93. The summed E-state index contributed by atoms with van der Waals surface area (Å²) in [4.78, 5) is 14.8. The van der Waals surface area contributed by atoms with Crippen molar-refractivity contribution >= 4 is 43.5 Å². The Morgan fingerprint density at radius 3 is 1.57 bits per heavy atom. The maximum atomic E-state index is 6.83. The molecule has 0 amide bonds. The predicted octanol–water partition coefficient (Wildman–Crippen LogP) is 12.4. The van der Waals surface area contributed by atoms with E-state index in [0.29, 0.717) is 17.5 Å². The van der Waals surface area contributed by atoms with Crippen LogP contribution in [0.15, 0.2) is 180 Å². The molecule has 51 heavy (non-hydrogen) atoms. The molecule has 2 aromatic heterocycles. The summed E-state index contributed by atoms with van der Waals surface area (Å²) >= 11 is 0. The summed E-state index contributed by atoms with van der Waals surface area (Å²) in [6.07, 6.45) is 0. The second-order valence-electron chi connectivity index (χ2n) is 12.8. The lowest BCUT2D eigenvalue weighted by molar-refractivity contribution is 0.670. The van der Waals surface area contributed by atoms with Crippen molar-refractivity contribution in [2.24, 2.45) is 0 Å². The van der Waals surface area contributed by atoms with Crippen LogP contribution >= 0.6 is 0 Å². The summed E-state index contributed by atoms with van der Waals surface area (Å²) in [5.74, 6) is 1.86. The Morgan fingerprint density at radius 2 is 0.863 bits per heavy atom. The van der Waals surface area contributed by atoms with Crippen molar-refractivity contribution in [1.82, 2.24) is 15.0 Å². The van der Waals surface area contributed by atoms with Gasteiger partial charge < -0.3 is 4.42 Å². The fourth-order valence-electron chi connectivity index (χ4n) is 7.14. The molecule has 0 saturated heterocycles. The molecular formula is C47H29N3O. The normalized spacial score (nSPS) is 11.5. The smallest absolute Gasteiger partial charge is 0.164 e. The van der Waals surface area contributed by atoms with E-state index in [-0.39, 0.29) is 0 Å². The molecular weight excluding hydrogens is 623 g/mol. The molecule has 0 aliphatic carbocycles. The van der Waals surface area contributed by atoms with E-state index in [1.807, 2.05) is 60.7 Å². The average molecular weight is 652 g/mol. The van der Waals surface area contributed by atoms with Crippen LogP contribution in [0, 0.1) is 0 Å². The molecule has 4 heteroatoms. The van der Waals surface area contributed by atoms with Gasteiger partial charge in [0.05, 0.1) is 0 Å². The zero-order valence-electron chi connectivity index (χ0n) is 27.5. The van der Waals surface area contributed by atoms with Gasteiger partial charge in [0.1, 0.15) is 11.2 Å². The number of rotatable bonds is 5. The number of aromatic nitrogens is 3.